The molecule has 24 heavy (non-hydrogen) atoms. The van der Waals surface area contributed by atoms with E-state index in [1.807, 2.05) is 35.7 Å². The van der Waals surface area contributed by atoms with Crippen molar-refractivity contribution in [3.05, 3.63) is 63.7 Å². The van der Waals surface area contributed by atoms with Crippen molar-refractivity contribution < 1.29 is 9.13 Å². The summed E-state index contributed by atoms with van der Waals surface area (Å²) >= 11 is 4.73. The molecule has 1 heterocycles. The molecule has 1 N–H and O–H groups in total. The molecule has 0 aliphatic carbocycles. The third-order valence-electron chi connectivity index (χ3n) is 3.24. The van der Waals surface area contributed by atoms with Crippen molar-refractivity contribution in [2.45, 2.75) is 0 Å². The third-order valence-corrected chi connectivity index (χ3v) is 4.68. The minimum atomic E-state index is -0.471. The van der Waals surface area contributed by atoms with Crippen LogP contribution in [0.25, 0.3) is 11.3 Å². The second kappa shape index (κ2) is 7.55. The van der Waals surface area contributed by atoms with Crippen LogP contribution < -0.4 is 10.2 Å². The predicted molar refractivity (Wildman–Crippen MR) is 99.4 cm³/mol. The second-order valence-electron chi connectivity index (χ2n) is 4.75. The highest BCUT2D eigenvalue weighted by molar-refractivity contribution is 9.10. The molecular weight excluding hydrogens is 393 g/mol. The summed E-state index contributed by atoms with van der Waals surface area (Å²) in [5.74, 6) is -0.304. The van der Waals surface area contributed by atoms with Crippen LogP contribution >= 0.6 is 27.3 Å². The lowest BCUT2D eigenvalue weighted by molar-refractivity contribution is 0.386. The van der Waals surface area contributed by atoms with E-state index < -0.39 is 5.82 Å². The summed E-state index contributed by atoms with van der Waals surface area (Å²) in [6.45, 7) is 0. The topological polar surface area (TPSA) is 46.5 Å². The molecule has 0 saturated heterocycles. The molecule has 0 fully saturated rings. The minimum absolute atomic E-state index is 0.167. The Bertz CT molecular complexity index is 868. The van der Waals surface area contributed by atoms with E-state index in [-0.39, 0.29) is 5.75 Å². The molecule has 0 amide bonds. The van der Waals surface area contributed by atoms with E-state index in [1.165, 1.54) is 24.7 Å². The summed E-state index contributed by atoms with van der Waals surface area (Å²) in [5.41, 5.74) is 5.03. The van der Waals surface area contributed by atoms with Crippen LogP contribution in [0.4, 0.5) is 9.52 Å². The molecule has 0 spiro atoms. The molecule has 3 aromatic rings. The van der Waals surface area contributed by atoms with Gasteiger partial charge in [-0.3, -0.25) is 5.43 Å². The zero-order valence-corrected chi connectivity index (χ0v) is 15.1. The van der Waals surface area contributed by atoms with Crippen LogP contribution in [-0.2, 0) is 0 Å². The van der Waals surface area contributed by atoms with Crippen molar-refractivity contribution in [1.29, 1.82) is 0 Å². The second-order valence-corrected chi connectivity index (χ2v) is 6.46. The van der Waals surface area contributed by atoms with Crippen molar-refractivity contribution >= 4 is 38.6 Å². The summed E-state index contributed by atoms with van der Waals surface area (Å²) < 4.78 is 19.8. The Hall–Kier alpha value is -2.25. The Balaban J connectivity index is 1.75. The van der Waals surface area contributed by atoms with E-state index in [4.69, 9.17) is 4.74 Å². The molecule has 0 saturated carbocycles. The molecule has 3 rings (SSSR count). The fraction of sp³-hybridized carbons (Fsp3) is 0.0588. The number of nitrogens with zero attached hydrogens (tertiary/aromatic N) is 2. The van der Waals surface area contributed by atoms with Crippen LogP contribution in [0, 0.1) is 5.82 Å². The van der Waals surface area contributed by atoms with Crippen LogP contribution in [0.15, 0.2) is 57.4 Å². The van der Waals surface area contributed by atoms with E-state index in [0.29, 0.717) is 15.2 Å². The van der Waals surface area contributed by atoms with E-state index >= 15 is 0 Å². The smallest absolute Gasteiger partial charge is 0.203 e. The fourth-order valence-electron chi connectivity index (χ4n) is 2.04. The summed E-state index contributed by atoms with van der Waals surface area (Å²) in [4.78, 5) is 4.45. The van der Waals surface area contributed by atoms with Gasteiger partial charge in [0.05, 0.1) is 19.0 Å². The number of halogens is 2. The third kappa shape index (κ3) is 3.63. The van der Waals surface area contributed by atoms with Gasteiger partial charge in [0.15, 0.2) is 11.6 Å². The molecule has 1 aromatic heterocycles. The van der Waals surface area contributed by atoms with Crippen LogP contribution in [0.5, 0.6) is 5.75 Å². The number of anilines is 1. The lowest BCUT2D eigenvalue weighted by atomic mass is 10.2. The van der Waals surface area contributed by atoms with Crippen molar-refractivity contribution in [2.75, 3.05) is 12.5 Å². The number of hydrogen-bond donors (Lipinski definition) is 1. The SMILES string of the molecule is COc1ccc(Br)c(C=NNc2nc(-c3ccccc3)cs2)c1F. The predicted octanol–water partition coefficient (Wildman–Crippen LogP) is 5.17. The lowest BCUT2D eigenvalue weighted by Crippen LogP contribution is -1.97. The van der Waals surface area contributed by atoms with E-state index in [9.17, 15) is 4.39 Å². The number of methoxy groups -OCH3 is 1. The van der Waals surface area contributed by atoms with Crippen molar-refractivity contribution in [1.82, 2.24) is 4.98 Å². The van der Waals surface area contributed by atoms with Gasteiger partial charge in [0.2, 0.25) is 5.13 Å². The monoisotopic (exact) mass is 405 g/mol. The van der Waals surface area contributed by atoms with Gasteiger partial charge in [-0.25, -0.2) is 9.37 Å². The van der Waals surface area contributed by atoms with Crippen LogP contribution in [0.1, 0.15) is 5.56 Å². The zero-order chi connectivity index (χ0) is 16.9. The van der Waals surface area contributed by atoms with Gasteiger partial charge in [-0.05, 0) is 12.1 Å². The summed E-state index contributed by atoms with van der Waals surface area (Å²) in [6.07, 6.45) is 1.39. The molecule has 0 atom stereocenters. The number of thiazole rings is 1. The van der Waals surface area contributed by atoms with Crippen LogP contribution in [0.2, 0.25) is 0 Å². The first-order chi connectivity index (χ1) is 11.7. The standard InChI is InChI=1S/C17H13BrFN3OS/c1-23-15-8-7-13(18)12(16(15)19)9-20-22-17-21-14(10-24-17)11-5-3-2-4-6-11/h2-10H,1H3,(H,21,22). The summed E-state index contributed by atoms with van der Waals surface area (Å²) in [5, 5.41) is 6.63. The van der Waals surface area contributed by atoms with Gasteiger partial charge in [0.1, 0.15) is 0 Å². The molecule has 0 radical (unpaired) electrons. The Kier molecular flexibility index (Phi) is 5.22. The van der Waals surface area contributed by atoms with Gasteiger partial charge in [0, 0.05) is 21.0 Å². The molecule has 7 heteroatoms. The number of hydrogen-bond acceptors (Lipinski definition) is 5. The minimum Gasteiger partial charge on any atom is -0.494 e. The highest BCUT2D eigenvalue weighted by Gasteiger charge is 2.11. The van der Waals surface area contributed by atoms with Crippen LogP contribution in [-0.4, -0.2) is 18.3 Å². The normalized spacial score (nSPS) is 11.0. The van der Waals surface area contributed by atoms with Gasteiger partial charge >= 0.3 is 0 Å². The molecule has 0 bridgehead atoms. The first-order valence-corrected chi connectivity index (χ1v) is 8.68. The van der Waals surface area contributed by atoms with E-state index in [0.717, 1.165) is 11.3 Å². The highest BCUT2D eigenvalue weighted by atomic mass is 79.9. The Labute approximate surface area is 151 Å². The molecule has 0 aliphatic heterocycles. The summed E-state index contributed by atoms with van der Waals surface area (Å²) in [6, 6.07) is 13.1. The largest absolute Gasteiger partial charge is 0.494 e. The summed E-state index contributed by atoms with van der Waals surface area (Å²) in [7, 11) is 1.42. The number of benzene rings is 2. The van der Waals surface area contributed by atoms with E-state index in [1.54, 1.807) is 12.1 Å². The Morgan fingerprint density at radius 3 is 2.79 bits per heavy atom. The van der Waals surface area contributed by atoms with Crippen molar-refractivity contribution in [3.63, 3.8) is 0 Å². The first kappa shape index (κ1) is 16.6. The van der Waals surface area contributed by atoms with Gasteiger partial charge in [-0.15, -0.1) is 11.3 Å². The molecule has 0 aliphatic rings. The molecule has 2 aromatic carbocycles. The maximum atomic E-state index is 14.2. The number of nitrogens with one attached hydrogen (secondary N) is 1. The molecule has 0 unspecified atom stereocenters. The number of ether oxygens (including phenoxy) is 1. The van der Waals surface area contributed by atoms with Gasteiger partial charge < -0.3 is 4.74 Å². The Morgan fingerprint density at radius 1 is 1.25 bits per heavy atom. The number of hydrazone groups is 1. The van der Waals surface area contributed by atoms with Crippen LogP contribution in [0.3, 0.4) is 0 Å². The molecule has 4 nitrogen and oxygen atoms in total. The van der Waals surface area contributed by atoms with Crippen molar-refractivity contribution in [2.24, 2.45) is 5.10 Å². The first-order valence-electron chi connectivity index (χ1n) is 7.01. The van der Waals surface area contributed by atoms with Gasteiger partial charge in [-0.1, -0.05) is 46.3 Å². The number of aromatic nitrogens is 1. The van der Waals surface area contributed by atoms with E-state index in [2.05, 4.69) is 31.4 Å². The number of rotatable bonds is 5. The zero-order valence-electron chi connectivity index (χ0n) is 12.7. The highest BCUT2D eigenvalue weighted by Crippen LogP contribution is 2.27. The molecular formula is C17H13BrFN3OS. The quantitative estimate of drug-likeness (QED) is 0.470. The van der Waals surface area contributed by atoms with Gasteiger partial charge in [-0.2, -0.15) is 5.10 Å². The maximum Gasteiger partial charge on any atom is 0.203 e. The lowest BCUT2D eigenvalue weighted by Gasteiger charge is -2.05. The average Bonchev–Trinajstić information content (AvgIpc) is 3.08. The fourth-order valence-corrected chi connectivity index (χ4v) is 3.12. The maximum absolute atomic E-state index is 14.2. The van der Waals surface area contributed by atoms with Gasteiger partial charge in [0.25, 0.3) is 0 Å². The average molecular weight is 406 g/mol. The molecule has 122 valence electrons. The van der Waals surface area contributed by atoms with Crippen molar-refractivity contribution in [3.8, 4) is 17.0 Å². The Morgan fingerprint density at radius 2 is 2.04 bits per heavy atom.